The fourth-order valence-electron chi connectivity index (χ4n) is 2.02. The number of amides is 2. The lowest BCUT2D eigenvalue weighted by atomic mass is 10.1. The Kier molecular flexibility index (Phi) is 11.7. The second-order valence-electron chi connectivity index (χ2n) is 5.56. The first-order valence-corrected chi connectivity index (χ1v) is 8.30. The molecule has 23 heavy (non-hydrogen) atoms. The summed E-state index contributed by atoms with van der Waals surface area (Å²) in [7, 11) is 0. The minimum atomic E-state index is -0.967. The number of hydrogen-bond donors (Lipinski definition) is 2. The van der Waals surface area contributed by atoms with Crippen molar-refractivity contribution in [2.45, 2.75) is 71.4 Å². The van der Waals surface area contributed by atoms with E-state index >= 15 is 0 Å². The van der Waals surface area contributed by atoms with Crippen molar-refractivity contribution in [3.05, 3.63) is 12.7 Å². The molecular formula is C17H30N2O4. The Hall–Kier alpha value is -1.85. The van der Waals surface area contributed by atoms with Crippen LogP contribution in [0.2, 0.25) is 0 Å². The van der Waals surface area contributed by atoms with E-state index in [1.165, 1.54) is 6.08 Å². The van der Waals surface area contributed by atoms with Crippen LogP contribution in [0.25, 0.3) is 0 Å². The lowest BCUT2D eigenvalue weighted by molar-refractivity contribution is -0.148. The van der Waals surface area contributed by atoms with E-state index in [4.69, 9.17) is 4.74 Å². The molecule has 0 spiro atoms. The van der Waals surface area contributed by atoms with Crippen molar-refractivity contribution in [3.63, 3.8) is 0 Å². The van der Waals surface area contributed by atoms with Gasteiger partial charge >= 0.3 is 5.97 Å². The molecule has 2 atom stereocenters. The summed E-state index contributed by atoms with van der Waals surface area (Å²) in [4.78, 5) is 35.5. The molecule has 0 saturated carbocycles. The minimum Gasteiger partial charge on any atom is -0.460 e. The van der Waals surface area contributed by atoms with Gasteiger partial charge in [-0.25, -0.2) is 4.79 Å². The molecule has 0 aromatic heterocycles. The van der Waals surface area contributed by atoms with Gasteiger partial charge in [-0.3, -0.25) is 9.59 Å². The van der Waals surface area contributed by atoms with E-state index in [1.807, 2.05) is 6.92 Å². The largest absolute Gasteiger partial charge is 0.460 e. The van der Waals surface area contributed by atoms with Gasteiger partial charge in [0.2, 0.25) is 11.8 Å². The number of ether oxygens (including phenoxy) is 1. The number of esters is 1. The molecule has 0 aliphatic heterocycles. The van der Waals surface area contributed by atoms with Crippen LogP contribution < -0.4 is 10.6 Å². The molecule has 0 fully saturated rings. The van der Waals surface area contributed by atoms with Crippen LogP contribution >= 0.6 is 0 Å². The van der Waals surface area contributed by atoms with Crippen LogP contribution in [0.5, 0.6) is 0 Å². The summed E-state index contributed by atoms with van der Waals surface area (Å²) in [6, 6.07) is -0.925. The predicted octanol–water partition coefficient (Wildman–Crippen LogP) is 2.09. The van der Waals surface area contributed by atoms with E-state index < -0.39 is 12.0 Å². The van der Waals surface area contributed by atoms with Gasteiger partial charge in [-0.15, -0.1) is 0 Å². The third-order valence-corrected chi connectivity index (χ3v) is 3.32. The van der Waals surface area contributed by atoms with Crippen molar-refractivity contribution < 1.29 is 19.1 Å². The molecule has 2 N–H and O–H groups in total. The van der Waals surface area contributed by atoms with Crippen LogP contribution in [0.3, 0.4) is 0 Å². The maximum absolute atomic E-state index is 12.1. The van der Waals surface area contributed by atoms with Crippen LogP contribution in [0.15, 0.2) is 12.7 Å². The normalized spacial score (nSPS) is 12.8. The van der Waals surface area contributed by atoms with Gasteiger partial charge in [0.05, 0.1) is 6.42 Å². The first-order valence-electron chi connectivity index (χ1n) is 8.30. The Morgan fingerprint density at radius 1 is 1.13 bits per heavy atom. The van der Waals surface area contributed by atoms with Gasteiger partial charge in [-0.1, -0.05) is 45.8 Å². The molecule has 0 rings (SSSR count). The molecule has 2 unspecified atom stereocenters. The van der Waals surface area contributed by atoms with Crippen LogP contribution in [-0.4, -0.2) is 36.5 Å². The van der Waals surface area contributed by atoms with Gasteiger partial charge in [-0.05, 0) is 13.3 Å². The van der Waals surface area contributed by atoms with Crippen molar-refractivity contribution in [1.82, 2.24) is 10.6 Å². The average Bonchev–Trinajstić information content (AvgIpc) is 2.51. The van der Waals surface area contributed by atoms with E-state index in [9.17, 15) is 14.4 Å². The number of unbranched alkanes of at least 4 members (excludes halogenated alkanes) is 2. The van der Waals surface area contributed by atoms with Crippen molar-refractivity contribution in [2.75, 3.05) is 6.61 Å². The van der Waals surface area contributed by atoms with Gasteiger partial charge in [0.25, 0.3) is 0 Å². The van der Waals surface area contributed by atoms with E-state index in [0.717, 1.165) is 25.7 Å². The second-order valence-corrected chi connectivity index (χ2v) is 5.56. The van der Waals surface area contributed by atoms with Gasteiger partial charge in [0.15, 0.2) is 0 Å². The Morgan fingerprint density at radius 2 is 1.83 bits per heavy atom. The standard InChI is InChI=1S/C17H30N2O4/c1-5-8-9-10-13(4)18-16(21)12-14(19-15(20)7-3)17(22)23-11-6-2/h6,13-14H,2,5,7-12H2,1,3-4H3,(H,18,21)(H,19,20). The summed E-state index contributed by atoms with van der Waals surface area (Å²) >= 11 is 0. The van der Waals surface area contributed by atoms with Gasteiger partial charge in [0.1, 0.15) is 12.6 Å². The summed E-state index contributed by atoms with van der Waals surface area (Å²) in [6.07, 6.45) is 5.75. The molecule has 0 aromatic rings. The molecule has 0 aliphatic rings. The zero-order valence-electron chi connectivity index (χ0n) is 14.5. The summed E-state index contributed by atoms with van der Waals surface area (Å²) < 4.78 is 4.93. The quantitative estimate of drug-likeness (QED) is 0.327. The highest BCUT2D eigenvalue weighted by atomic mass is 16.5. The average molecular weight is 326 g/mol. The van der Waals surface area contributed by atoms with E-state index in [0.29, 0.717) is 0 Å². The third-order valence-electron chi connectivity index (χ3n) is 3.32. The topological polar surface area (TPSA) is 84.5 Å². The van der Waals surface area contributed by atoms with Crippen molar-refractivity contribution >= 4 is 17.8 Å². The van der Waals surface area contributed by atoms with E-state index in [1.54, 1.807) is 6.92 Å². The highest BCUT2D eigenvalue weighted by Crippen LogP contribution is 2.04. The van der Waals surface area contributed by atoms with Crippen LogP contribution in [-0.2, 0) is 19.1 Å². The number of carbonyl (C=O) groups is 3. The fraction of sp³-hybridized carbons (Fsp3) is 0.706. The molecule has 0 heterocycles. The number of nitrogens with one attached hydrogen (secondary N) is 2. The minimum absolute atomic E-state index is 0.0424. The smallest absolute Gasteiger partial charge is 0.329 e. The Labute approximate surface area is 139 Å². The molecule has 2 amide bonds. The van der Waals surface area contributed by atoms with Crippen molar-refractivity contribution in [3.8, 4) is 0 Å². The second kappa shape index (κ2) is 12.7. The Bertz CT molecular complexity index is 396. The molecule has 0 bridgehead atoms. The fourth-order valence-corrected chi connectivity index (χ4v) is 2.02. The third kappa shape index (κ3) is 10.5. The van der Waals surface area contributed by atoms with Crippen molar-refractivity contribution in [2.24, 2.45) is 0 Å². The lowest BCUT2D eigenvalue weighted by Gasteiger charge is -2.19. The summed E-state index contributed by atoms with van der Waals surface area (Å²) in [5, 5.41) is 5.38. The first-order chi connectivity index (χ1) is 10.9. The van der Waals surface area contributed by atoms with Gasteiger partial charge < -0.3 is 15.4 Å². The molecular weight excluding hydrogens is 296 g/mol. The number of rotatable bonds is 12. The Balaban J connectivity index is 4.48. The summed E-state index contributed by atoms with van der Waals surface area (Å²) in [5.74, 6) is -1.19. The summed E-state index contributed by atoms with van der Waals surface area (Å²) in [6.45, 7) is 9.24. The van der Waals surface area contributed by atoms with Gasteiger partial charge in [-0.2, -0.15) is 0 Å². The monoisotopic (exact) mass is 326 g/mol. The summed E-state index contributed by atoms with van der Waals surface area (Å²) in [5.41, 5.74) is 0. The maximum atomic E-state index is 12.1. The maximum Gasteiger partial charge on any atom is 0.329 e. The molecule has 0 saturated heterocycles. The Morgan fingerprint density at radius 3 is 2.39 bits per heavy atom. The first kappa shape index (κ1) is 21.1. The zero-order chi connectivity index (χ0) is 17.7. The molecule has 6 nitrogen and oxygen atoms in total. The number of carbonyl (C=O) groups excluding carboxylic acids is 3. The zero-order valence-corrected chi connectivity index (χ0v) is 14.5. The SMILES string of the molecule is C=CCOC(=O)C(CC(=O)NC(C)CCCCC)NC(=O)CC. The molecule has 0 aliphatic carbocycles. The van der Waals surface area contributed by atoms with E-state index in [2.05, 4.69) is 24.1 Å². The van der Waals surface area contributed by atoms with Gasteiger partial charge in [0, 0.05) is 12.5 Å². The predicted molar refractivity (Wildman–Crippen MR) is 89.7 cm³/mol. The van der Waals surface area contributed by atoms with E-state index in [-0.39, 0.29) is 37.3 Å². The van der Waals surface area contributed by atoms with Crippen LogP contribution in [0.1, 0.15) is 59.3 Å². The molecule has 6 heteroatoms. The van der Waals surface area contributed by atoms with Crippen LogP contribution in [0.4, 0.5) is 0 Å². The highest BCUT2D eigenvalue weighted by molar-refractivity contribution is 5.89. The molecule has 132 valence electrons. The van der Waals surface area contributed by atoms with Crippen molar-refractivity contribution in [1.29, 1.82) is 0 Å². The number of hydrogen-bond acceptors (Lipinski definition) is 4. The van der Waals surface area contributed by atoms with Crippen LogP contribution in [0, 0.1) is 0 Å². The highest BCUT2D eigenvalue weighted by Gasteiger charge is 2.25. The molecule has 0 aromatic carbocycles. The molecule has 0 radical (unpaired) electrons. The lowest BCUT2D eigenvalue weighted by Crippen LogP contribution is -2.46.